The molecule has 0 radical (unpaired) electrons. The molecule has 2 rings (SSSR count). The van der Waals surface area contributed by atoms with Gasteiger partial charge in [0.1, 0.15) is 5.82 Å². The first-order valence-corrected chi connectivity index (χ1v) is 7.24. The number of anilines is 1. The van der Waals surface area contributed by atoms with E-state index in [2.05, 4.69) is 17.1 Å². The van der Waals surface area contributed by atoms with Crippen molar-refractivity contribution in [3.05, 3.63) is 29.6 Å². The van der Waals surface area contributed by atoms with Gasteiger partial charge in [-0.05, 0) is 57.1 Å². The number of carbonyl (C=O) groups excluding carboxylic acids is 1. The number of amides is 1. The largest absolute Gasteiger partial charge is 0.325 e. The molecule has 1 aliphatic heterocycles. The summed E-state index contributed by atoms with van der Waals surface area (Å²) in [5.41, 5.74) is 1.10. The molecule has 110 valence electrons. The van der Waals surface area contributed by atoms with E-state index in [0.29, 0.717) is 5.69 Å². The minimum absolute atomic E-state index is 0.00181. The SMILES string of the molecule is CCN1CCC(C)(C(=O)Nc2cc(F)ccc2C)CC1. The van der Waals surface area contributed by atoms with Crippen LogP contribution >= 0.6 is 0 Å². The molecule has 1 saturated heterocycles. The Bertz CT molecular complexity index is 493. The van der Waals surface area contributed by atoms with Gasteiger partial charge in [-0.15, -0.1) is 0 Å². The summed E-state index contributed by atoms with van der Waals surface area (Å²) in [4.78, 5) is 14.8. The van der Waals surface area contributed by atoms with Gasteiger partial charge in [-0.2, -0.15) is 0 Å². The van der Waals surface area contributed by atoms with Crippen molar-refractivity contribution in [2.45, 2.75) is 33.6 Å². The molecule has 1 heterocycles. The summed E-state index contributed by atoms with van der Waals surface area (Å²) in [7, 11) is 0. The molecule has 1 amide bonds. The first kappa shape index (κ1) is 15.0. The van der Waals surface area contributed by atoms with Crippen LogP contribution in [0, 0.1) is 18.2 Å². The smallest absolute Gasteiger partial charge is 0.230 e. The van der Waals surface area contributed by atoms with Gasteiger partial charge in [-0.3, -0.25) is 4.79 Å². The number of likely N-dealkylation sites (tertiary alicyclic amines) is 1. The molecule has 0 spiro atoms. The Kier molecular flexibility index (Phi) is 4.43. The van der Waals surface area contributed by atoms with Crippen LogP contribution in [0.4, 0.5) is 10.1 Å². The van der Waals surface area contributed by atoms with E-state index in [4.69, 9.17) is 0 Å². The van der Waals surface area contributed by atoms with Gasteiger partial charge in [0.25, 0.3) is 0 Å². The molecule has 0 saturated carbocycles. The van der Waals surface area contributed by atoms with Crippen LogP contribution in [0.2, 0.25) is 0 Å². The van der Waals surface area contributed by atoms with Crippen molar-refractivity contribution in [1.29, 1.82) is 0 Å². The number of halogens is 1. The average molecular weight is 278 g/mol. The standard InChI is InChI=1S/C16H23FN2O/c1-4-19-9-7-16(3,8-10-19)15(20)18-14-11-13(17)6-5-12(14)2/h5-6,11H,4,7-10H2,1-3H3,(H,18,20). The zero-order valence-corrected chi connectivity index (χ0v) is 12.5. The summed E-state index contributed by atoms with van der Waals surface area (Å²) in [6.07, 6.45) is 1.70. The van der Waals surface area contributed by atoms with Gasteiger partial charge in [0.05, 0.1) is 0 Å². The molecule has 1 aromatic carbocycles. The molecule has 0 atom stereocenters. The van der Waals surface area contributed by atoms with E-state index in [1.165, 1.54) is 12.1 Å². The molecule has 0 aromatic heterocycles. The van der Waals surface area contributed by atoms with Crippen LogP contribution in [0.3, 0.4) is 0 Å². The van der Waals surface area contributed by atoms with E-state index in [1.807, 2.05) is 13.8 Å². The van der Waals surface area contributed by atoms with E-state index >= 15 is 0 Å². The molecule has 1 N–H and O–H groups in total. The number of piperidine rings is 1. The van der Waals surface area contributed by atoms with Crippen molar-refractivity contribution >= 4 is 11.6 Å². The monoisotopic (exact) mass is 278 g/mol. The van der Waals surface area contributed by atoms with Crippen molar-refractivity contribution in [2.24, 2.45) is 5.41 Å². The summed E-state index contributed by atoms with van der Waals surface area (Å²) in [5.74, 6) is -0.321. The van der Waals surface area contributed by atoms with Crippen LogP contribution in [0.15, 0.2) is 18.2 Å². The minimum atomic E-state index is -0.357. The molecule has 0 aliphatic carbocycles. The number of carbonyl (C=O) groups is 1. The normalized spacial score (nSPS) is 18.8. The molecule has 1 fully saturated rings. The van der Waals surface area contributed by atoms with Crippen molar-refractivity contribution < 1.29 is 9.18 Å². The molecular weight excluding hydrogens is 255 g/mol. The van der Waals surface area contributed by atoms with Crippen LogP contribution in [0.25, 0.3) is 0 Å². The number of hydrogen-bond acceptors (Lipinski definition) is 2. The fraction of sp³-hybridized carbons (Fsp3) is 0.562. The third-order valence-electron chi connectivity index (χ3n) is 4.40. The van der Waals surface area contributed by atoms with E-state index in [0.717, 1.165) is 38.0 Å². The summed E-state index contributed by atoms with van der Waals surface area (Å²) < 4.78 is 13.3. The van der Waals surface area contributed by atoms with Crippen molar-refractivity contribution in [3.8, 4) is 0 Å². The predicted molar refractivity (Wildman–Crippen MR) is 79.2 cm³/mol. The van der Waals surface area contributed by atoms with Gasteiger partial charge in [-0.25, -0.2) is 4.39 Å². The lowest BCUT2D eigenvalue weighted by Gasteiger charge is -2.37. The van der Waals surface area contributed by atoms with Crippen LogP contribution < -0.4 is 5.32 Å². The van der Waals surface area contributed by atoms with E-state index < -0.39 is 0 Å². The summed E-state index contributed by atoms with van der Waals surface area (Å²) in [5, 5.41) is 2.90. The summed E-state index contributed by atoms with van der Waals surface area (Å²) >= 11 is 0. The third kappa shape index (κ3) is 3.18. The van der Waals surface area contributed by atoms with Gasteiger partial charge >= 0.3 is 0 Å². The van der Waals surface area contributed by atoms with Crippen molar-refractivity contribution in [2.75, 3.05) is 25.0 Å². The van der Waals surface area contributed by atoms with Crippen LogP contribution in [0.5, 0.6) is 0 Å². The highest BCUT2D eigenvalue weighted by molar-refractivity contribution is 5.95. The number of rotatable bonds is 3. The van der Waals surface area contributed by atoms with Gasteiger partial charge in [0.2, 0.25) is 5.91 Å². The number of aryl methyl sites for hydroxylation is 1. The van der Waals surface area contributed by atoms with Gasteiger partial charge in [0, 0.05) is 11.1 Å². The second kappa shape index (κ2) is 5.92. The lowest BCUT2D eigenvalue weighted by Crippen LogP contribution is -2.44. The fourth-order valence-electron chi connectivity index (χ4n) is 2.59. The molecular formula is C16H23FN2O. The second-order valence-electron chi connectivity index (χ2n) is 5.91. The highest BCUT2D eigenvalue weighted by Crippen LogP contribution is 2.32. The third-order valence-corrected chi connectivity index (χ3v) is 4.40. The number of hydrogen-bond donors (Lipinski definition) is 1. The summed E-state index contributed by atoms with van der Waals surface area (Å²) in [6.45, 7) is 8.94. The Hall–Kier alpha value is -1.42. The van der Waals surface area contributed by atoms with Crippen LogP contribution in [-0.2, 0) is 4.79 Å². The highest BCUT2D eigenvalue weighted by atomic mass is 19.1. The Labute approximate surface area is 120 Å². The molecule has 20 heavy (non-hydrogen) atoms. The van der Waals surface area contributed by atoms with Gasteiger partial charge in [-0.1, -0.05) is 19.9 Å². The maximum Gasteiger partial charge on any atom is 0.230 e. The maximum atomic E-state index is 13.3. The van der Waals surface area contributed by atoms with Gasteiger partial charge in [0.15, 0.2) is 0 Å². The second-order valence-corrected chi connectivity index (χ2v) is 5.91. The Morgan fingerprint density at radius 3 is 2.65 bits per heavy atom. The average Bonchev–Trinajstić information content (AvgIpc) is 2.43. The Morgan fingerprint density at radius 2 is 2.05 bits per heavy atom. The van der Waals surface area contributed by atoms with Crippen molar-refractivity contribution in [3.63, 3.8) is 0 Å². The highest BCUT2D eigenvalue weighted by Gasteiger charge is 2.36. The van der Waals surface area contributed by atoms with E-state index in [1.54, 1.807) is 6.07 Å². The first-order chi connectivity index (χ1) is 9.44. The van der Waals surface area contributed by atoms with Crippen LogP contribution in [0.1, 0.15) is 32.3 Å². The fourth-order valence-corrected chi connectivity index (χ4v) is 2.59. The lowest BCUT2D eigenvalue weighted by molar-refractivity contribution is -0.127. The molecule has 0 bridgehead atoms. The molecule has 3 nitrogen and oxygen atoms in total. The van der Waals surface area contributed by atoms with Gasteiger partial charge < -0.3 is 10.2 Å². The molecule has 1 aromatic rings. The Morgan fingerprint density at radius 1 is 1.40 bits per heavy atom. The number of nitrogens with zero attached hydrogens (tertiary/aromatic N) is 1. The number of benzene rings is 1. The molecule has 4 heteroatoms. The van der Waals surface area contributed by atoms with E-state index in [-0.39, 0.29) is 17.1 Å². The minimum Gasteiger partial charge on any atom is -0.325 e. The van der Waals surface area contributed by atoms with E-state index in [9.17, 15) is 9.18 Å². The number of nitrogens with one attached hydrogen (secondary N) is 1. The summed E-state index contributed by atoms with van der Waals surface area (Å²) in [6, 6.07) is 4.48. The maximum absolute atomic E-state index is 13.3. The predicted octanol–water partition coefficient (Wildman–Crippen LogP) is 3.19. The van der Waals surface area contributed by atoms with Crippen LogP contribution in [-0.4, -0.2) is 30.4 Å². The van der Waals surface area contributed by atoms with Crippen molar-refractivity contribution in [1.82, 2.24) is 4.90 Å². The zero-order valence-electron chi connectivity index (χ0n) is 12.5. The first-order valence-electron chi connectivity index (χ1n) is 7.24. The quantitative estimate of drug-likeness (QED) is 0.921. The molecule has 1 aliphatic rings. The Balaban J connectivity index is 2.06. The molecule has 0 unspecified atom stereocenters. The zero-order chi connectivity index (χ0) is 14.8. The topological polar surface area (TPSA) is 32.3 Å². The lowest BCUT2D eigenvalue weighted by atomic mass is 9.79.